The lowest BCUT2D eigenvalue weighted by molar-refractivity contribution is -0.115. The van der Waals surface area contributed by atoms with Crippen LogP contribution in [0.4, 0.5) is 17.5 Å². The number of halogens is 1. The van der Waals surface area contributed by atoms with Crippen molar-refractivity contribution in [2.75, 3.05) is 41.7 Å². The normalized spacial score (nSPS) is 13.9. The lowest BCUT2D eigenvalue weighted by Crippen LogP contribution is -2.21. The molecule has 4 aromatic heterocycles. The molecular formula is C30H41ClN12O2. The van der Waals surface area contributed by atoms with Gasteiger partial charge in [0.1, 0.15) is 22.6 Å². The first-order valence-electron chi connectivity index (χ1n) is 15.0. The highest BCUT2D eigenvalue weighted by Gasteiger charge is 2.18. The summed E-state index contributed by atoms with van der Waals surface area (Å²) in [4.78, 5) is 41.9. The number of nitrogens with zero attached hydrogens (tertiary/aromatic N) is 9. The maximum absolute atomic E-state index is 11.4. The van der Waals surface area contributed by atoms with E-state index in [9.17, 15) is 9.59 Å². The van der Waals surface area contributed by atoms with Crippen molar-refractivity contribution < 1.29 is 9.59 Å². The molecule has 0 aliphatic carbocycles. The van der Waals surface area contributed by atoms with E-state index in [-0.39, 0.29) is 17.0 Å². The number of carbonyl (C=O) groups is 2. The maximum atomic E-state index is 11.4. The second-order valence-electron chi connectivity index (χ2n) is 11.0. The van der Waals surface area contributed by atoms with E-state index in [1.165, 1.54) is 45.8 Å². The molecule has 6 rings (SSSR count). The predicted molar refractivity (Wildman–Crippen MR) is 174 cm³/mol. The van der Waals surface area contributed by atoms with Crippen LogP contribution in [0.1, 0.15) is 62.3 Å². The first-order valence-corrected chi connectivity index (χ1v) is 15.4. The summed E-state index contributed by atoms with van der Waals surface area (Å²) < 4.78 is 3.28. The third-order valence-electron chi connectivity index (χ3n) is 6.78. The molecule has 2 aliphatic rings. The van der Waals surface area contributed by atoms with Crippen LogP contribution in [0.2, 0.25) is 5.15 Å². The summed E-state index contributed by atoms with van der Waals surface area (Å²) in [7, 11) is 0. The Morgan fingerprint density at radius 2 is 1.20 bits per heavy atom. The monoisotopic (exact) mass is 636 g/mol. The third-order valence-corrected chi connectivity index (χ3v) is 6.97. The molecule has 240 valence electrons. The average molecular weight is 637 g/mol. The van der Waals surface area contributed by atoms with E-state index in [0.717, 1.165) is 54.5 Å². The topological polar surface area (TPSA) is 161 Å². The highest BCUT2D eigenvalue weighted by atomic mass is 35.5. The SMILES string of the molecule is C1CCNC1.CC(=O)Nc1cc(Cl)nc(-n2nc(C)cc2C)n1.CC(=O)Nc1cc(N2CCCC2)nc(-n2nc(C)cc2C)n1. The number of nitrogens with one attached hydrogen (secondary N) is 3. The van der Waals surface area contributed by atoms with Crippen molar-refractivity contribution in [2.45, 2.75) is 67.2 Å². The predicted octanol–water partition coefficient (Wildman–Crippen LogP) is 4.10. The highest BCUT2D eigenvalue weighted by Crippen LogP contribution is 2.22. The van der Waals surface area contributed by atoms with Gasteiger partial charge in [-0.15, -0.1) is 0 Å². The summed E-state index contributed by atoms with van der Waals surface area (Å²) >= 11 is 5.90. The zero-order chi connectivity index (χ0) is 32.5. The van der Waals surface area contributed by atoms with Gasteiger partial charge in [-0.3, -0.25) is 9.59 Å². The van der Waals surface area contributed by atoms with E-state index < -0.39 is 0 Å². The van der Waals surface area contributed by atoms with Crippen LogP contribution in [0.3, 0.4) is 0 Å². The summed E-state index contributed by atoms with van der Waals surface area (Å²) in [5.74, 6) is 2.14. The number of hydrogen-bond acceptors (Lipinski definition) is 10. The first kappa shape index (κ1) is 33.5. The fourth-order valence-corrected chi connectivity index (χ4v) is 5.08. The highest BCUT2D eigenvalue weighted by molar-refractivity contribution is 6.29. The summed E-state index contributed by atoms with van der Waals surface area (Å²) in [6.45, 7) is 15.0. The Morgan fingerprint density at radius 3 is 1.62 bits per heavy atom. The maximum Gasteiger partial charge on any atom is 0.254 e. The molecule has 0 bridgehead atoms. The number of hydrogen-bond donors (Lipinski definition) is 3. The van der Waals surface area contributed by atoms with Crippen LogP contribution in [0.25, 0.3) is 11.9 Å². The van der Waals surface area contributed by atoms with Gasteiger partial charge >= 0.3 is 0 Å². The van der Waals surface area contributed by atoms with Crippen molar-refractivity contribution in [3.8, 4) is 11.9 Å². The third kappa shape index (κ3) is 9.78. The molecule has 0 radical (unpaired) electrons. The standard InChI is InChI=1S/C15H20N6O.C11H12ClN5O.C4H9N/c1-10-8-11(2)21(19-10)15-17-13(16-12(3)22)9-14(18-15)20-6-4-5-7-20;1-6-4-7(2)17(16-6)11-14-9(12)5-10(15-11)13-8(3)18;1-2-4-5-3-1/h8-9H,4-7H2,1-3H3,(H,16,17,18,22);4-5H,1-3H3,(H,13,14,15,18);5H,1-4H2. The van der Waals surface area contributed by atoms with E-state index in [2.05, 4.69) is 51.0 Å². The number of carbonyl (C=O) groups excluding carboxylic acids is 2. The second-order valence-corrected chi connectivity index (χ2v) is 11.4. The van der Waals surface area contributed by atoms with E-state index in [0.29, 0.717) is 23.5 Å². The Hall–Kier alpha value is -4.43. The fraction of sp³-hybridized carbons (Fsp3) is 0.467. The van der Waals surface area contributed by atoms with Gasteiger partial charge in [0.05, 0.1) is 11.4 Å². The Balaban J connectivity index is 0.000000180. The number of aromatic nitrogens is 8. The molecule has 2 saturated heterocycles. The van der Waals surface area contributed by atoms with E-state index in [1.54, 1.807) is 9.36 Å². The number of anilines is 3. The van der Waals surface area contributed by atoms with Gasteiger partial charge in [0.15, 0.2) is 0 Å². The van der Waals surface area contributed by atoms with Crippen LogP contribution < -0.4 is 20.9 Å². The van der Waals surface area contributed by atoms with E-state index in [1.807, 2.05) is 45.9 Å². The average Bonchev–Trinajstić information content (AvgIpc) is 3.78. The van der Waals surface area contributed by atoms with Gasteiger partial charge < -0.3 is 20.9 Å². The molecule has 14 nitrogen and oxygen atoms in total. The van der Waals surface area contributed by atoms with Crippen LogP contribution in [0.5, 0.6) is 0 Å². The molecule has 0 saturated carbocycles. The Bertz CT molecular complexity index is 1620. The molecule has 0 atom stereocenters. The van der Waals surface area contributed by atoms with Gasteiger partial charge in [-0.1, -0.05) is 11.6 Å². The van der Waals surface area contributed by atoms with Gasteiger partial charge in [0, 0.05) is 50.5 Å². The Morgan fingerprint density at radius 1 is 0.711 bits per heavy atom. The smallest absolute Gasteiger partial charge is 0.254 e. The van der Waals surface area contributed by atoms with Gasteiger partial charge in [-0.05, 0) is 78.6 Å². The molecule has 6 heterocycles. The number of amides is 2. The zero-order valence-corrected chi connectivity index (χ0v) is 27.4. The largest absolute Gasteiger partial charge is 0.356 e. The van der Waals surface area contributed by atoms with Crippen LogP contribution in [-0.4, -0.2) is 77.5 Å². The minimum absolute atomic E-state index is 0.148. The van der Waals surface area contributed by atoms with Crippen LogP contribution in [-0.2, 0) is 9.59 Å². The second kappa shape index (κ2) is 15.5. The van der Waals surface area contributed by atoms with Crippen molar-refractivity contribution >= 4 is 40.9 Å². The van der Waals surface area contributed by atoms with E-state index in [4.69, 9.17) is 11.6 Å². The van der Waals surface area contributed by atoms with Crippen molar-refractivity contribution in [1.29, 1.82) is 0 Å². The number of aryl methyl sites for hydroxylation is 4. The minimum Gasteiger partial charge on any atom is -0.356 e. The van der Waals surface area contributed by atoms with Crippen molar-refractivity contribution in [3.63, 3.8) is 0 Å². The molecule has 0 aromatic carbocycles. The van der Waals surface area contributed by atoms with Crippen molar-refractivity contribution in [3.05, 3.63) is 52.2 Å². The Labute approximate surface area is 268 Å². The molecule has 2 fully saturated rings. The van der Waals surface area contributed by atoms with Gasteiger partial charge in [-0.2, -0.15) is 30.1 Å². The fourth-order valence-electron chi connectivity index (χ4n) is 4.90. The summed E-state index contributed by atoms with van der Waals surface area (Å²) in [5, 5.41) is 17.5. The quantitative estimate of drug-likeness (QED) is 0.272. The Kier molecular flexibility index (Phi) is 11.5. The lowest BCUT2D eigenvalue weighted by Gasteiger charge is -2.18. The summed E-state index contributed by atoms with van der Waals surface area (Å²) in [5.41, 5.74) is 3.62. The van der Waals surface area contributed by atoms with Gasteiger partial charge in [0.2, 0.25) is 11.8 Å². The van der Waals surface area contributed by atoms with Gasteiger partial charge in [0.25, 0.3) is 11.9 Å². The molecule has 3 N–H and O–H groups in total. The summed E-state index contributed by atoms with van der Waals surface area (Å²) in [6.07, 6.45) is 5.10. The molecule has 2 aliphatic heterocycles. The minimum atomic E-state index is -0.218. The lowest BCUT2D eigenvalue weighted by atomic mass is 10.4. The van der Waals surface area contributed by atoms with Gasteiger partial charge in [-0.25, -0.2) is 9.36 Å². The molecule has 2 amide bonds. The van der Waals surface area contributed by atoms with Crippen molar-refractivity contribution in [2.24, 2.45) is 0 Å². The van der Waals surface area contributed by atoms with Crippen LogP contribution in [0, 0.1) is 27.7 Å². The molecule has 4 aromatic rings. The molecular weight excluding hydrogens is 596 g/mol. The van der Waals surface area contributed by atoms with Crippen LogP contribution >= 0.6 is 11.6 Å². The number of rotatable bonds is 5. The first-order chi connectivity index (χ1) is 21.5. The zero-order valence-electron chi connectivity index (χ0n) is 26.7. The molecule has 0 unspecified atom stereocenters. The molecule has 0 spiro atoms. The molecule has 15 heteroatoms. The van der Waals surface area contributed by atoms with E-state index >= 15 is 0 Å². The summed E-state index contributed by atoms with van der Waals surface area (Å²) in [6, 6.07) is 7.19. The van der Waals surface area contributed by atoms with Crippen LogP contribution in [0.15, 0.2) is 24.3 Å². The molecule has 45 heavy (non-hydrogen) atoms. The van der Waals surface area contributed by atoms with Crippen molar-refractivity contribution in [1.82, 2.24) is 44.8 Å².